The number of hydrogen-bond donors (Lipinski definition) is 1. The zero-order valence-electron chi connectivity index (χ0n) is 14.5. The summed E-state index contributed by atoms with van der Waals surface area (Å²) in [6, 6.07) is 4.96. The van der Waals surface area contributed by atoms with Crippen LogP contribution < -0.4 is 5.32 Å². The Kier molecular flexibility index (Phi) is 5.12. The maximum absolute atomic E-state index is 12.4. The molecule has 2 heterocycles. The van der Waals surface area contributed by atoms with Crippen LogP contribution in [0.25, 0.3) is 10.7 Å². The van der Waals surface area contributed by atoms with Crippen LogP contribution in [0, 0.1) is 5.92 Å². The normalized spacial score (nSPS) is 23.6. The molecular formula is C18H24N4OS2. The number of aromatic nitrogens is 3. The average Bonchev–Trinajstić information content (AvgIpc) is 3.13. The van der Waals surface area contributed by atoms with E-state index in [0.29, 0.717) is 23.8 Å². The van der Waals surface area contributed by atoms with Crippen LogP contribution in [0.2, 0.25) is 0 Å². The first-order valence-corrected chi connectivity index (χ1v) is 11.0. The van der Waals surface area contributed by atoms with Gasteiger partial charge in [-0.2, -0.15) is 0 Å². The fraction of sp³-hybridized carbons (Fsp3) is 0.611. The van der Waals surface area contributed by atoms with Crippen molar-refractivity contribution in [2.75, 3.05) is 5.75 Å². The summed E-state index contributed by atoms with van der Waals surface area (Å²) in [7, 11) is 0. The predicted molar refractivity (Wildman–Crippen MR) is 102 cm³/mol. The highest BCUT2D eigenvalue weighted by Crippen LogP contribution is 2.41. The Morgan fingerprint density at radius 1 is 1.32 bits per heavy atom. The molecule has 2 aromatic rings. The zero-order chi connectivity index (χ0) is 17.2. The molecule has 2 fully saturated rings. The molecule has 2 atom stereocenters. The van der Waals surface area contributed by atoms with Crippen molar-refractivity contribution in [3.8, 4) is 10.7 Å². The van der Waals surface area contributed by atoms with E-state index in [-0.39, 0.29) is 5.91 Å². The summed E-state index contributed by atoms with van der Waals surface area (Å²) in [6.07, 6.45) is 7.20. The summed E-state index contributed by atoms with van der Waals surface area (Å²) < 4.78 is 2.23. The van der Waals surface area contributed by atoms with Gasteiger partial charge in [0, 0.05) is 12.1 Å². The molecule has 2 aromatic heterocycles. The maximum atomic E-state index is 12.4. The molecule has 0 spiro atoms. The van der Waals surface area contributed by atoms with Gasteiger partial charge in [0.25, 0.3) is 0 Å². The summed E-state index contributed by atoms with van der Waals surface area (Å²) in [5.74, 6) is 2.06. The zero-order valence-corrected chi connectivity index (χ0v) is 16.1. The number of rotatable bonds is 6. The molecule has 0 radical (unpaired) electrons. The molecule has 2 aliphatic rings. The van der Waals surface area contributed by atoms with Gasteiger partial charge in [0.15, 0.2) is 11.0 Å². The second-order valence-corrected chi connectivity index (χ2v) is 9.00. The van der Waals surface area contributed by atoms with Crippen molar-refractivity contribution < 1.29 is 4.79 Å². The lowest BCUT2D eigenvalue weighted by molar-refractivity contribution is -0.119. The number of carbonyl (C=O) groups is 1. The molecule has 0 aromatic carbocycles. The van der Waals surface area contributed by atoms with Crippen LogP contribution in [0.1, 0.15) is 51.5 Å². The van der Waals surface area contributed by atoms with Crippen molar-refractivity contribution in [3.63, 3.8) is 0 Å². The van der Waals surface area contributed by atoms with E-state index in [1.54, 1.807) is 11.3 Å². The molecule has 2 aliphatic carbocycles. The Balaban J connectivity index is 1.40. The van der Waals surface area contributed by atoms with E-state index in [0.717, 1.165) is 22.3 Å². The highest BCUT2D eigenvalue weighted by Gasteiger charge is 2.31. The molecule has 0 saturated heterocycles. The molecule has 5 nitrogen and oxygen atoms in total. The van der Waals surface area contributed by atoms with Crippen LogP contribution in [-0.4, -0.2) is 32.5 Å². The third-order valence-corrected chi connectivity index (χ3v) is 6.92. The molecule has 0 aliphatic heterocycles. The third kappa shape index (κ3) is 3.92. The van der Waals surface area contributed by atoms with Crippen molar-refractivity contribution in [2.24, 2.45) is 5.92 Å². The van der Waals surface area contributed by atoms with Crippen LogP contribution >= 0.6 is 23.1 Å². The van der Waals surface area contributed by atoms with E-state index < -0.39 is 0 Å². The van der Waals surface area contributed by atoms with Crippen molar-refractivity contribution in [2.45, 2.75) is 62.7 Å². The van der Waals surface area contributed by atoms with E-state index in [4.69, 9.17) is 0 Å². The van der Waals surface area contributed by atoms with Crippen molar-refractivity contribution in [1.82, 2.24) is 20.1 Å². The minimum absolute atomic E-state index is 0.117. The minimum atomic E-state index is 0.117. The molecule has 1 N–H and O–H groups in total. The van der Waals surface area contributed by atoms with Gasteiger partial charge in [-0.05, 0) is 43.0 Å². The number of nitrogens with zero attached hydrogens (tertiary/aromatic N) is 3. The number of carbonyl (C=O) groups excluding carboxylic acids is 1. The van der Waals surface area contributed by atoms with Crippen LogP contribution in [0.5, 0.6) is 0 Å². The highest BCUT2D eigenvalue weighted by atomic mass is 32.2. The summed E-state index contributed by atoms with van der Waals surface area (Å²) in [5, 5.41) is 14.9. The quantitative estimate of drug-likeness (QED) is 0.770. The van der Waals surface area contributed by atoms with Crippen LogP contribution in [0.15, 0.2) is 22.7 Å². The third-order valence-electron chi connectivity index (χ3n) is 5.11. The molecular weight excluding hydrogens is 352 g/mol. The van der Waals surface area contributed by atoms with Gasteiger partial charge < -0.3 is 5.32 Å². The fourth-order valence-corrected chi connectivity index (χ4v) is 5.04. The molecule has 4 rings (SSSR count). The van der Waals surface area contributed by atoms with Crippen molar-refractivity contribution in [1.29, 1.82) is 0 Å². The average molecular weight is 377 g/mol. The lowest BCUT2D eigenvalue weighted by Gasteiger charge is -2.29. The van der Waals surface area contributed by atoms with Gasteiger partial charge in [0.2, 0.25) is 5.91 Å². The van der Waals surface area contributed by atoms with Gasteiger partial charge in [0.05, 0.1) is 10.6 Å². The second-order valence-electron chi connectivity index (χ2n) is 7.11. The van der Waals surface area contributed by atoms with Gasteiger partial charge in [-0.15, -0.1) is 21.5 Å². The Labute approximate surface area is 156 Å². The lowest BCUT2D eigenvalue weighted by atomic mass is 9.86. The summed E-state index contributed by atoms with van der Waals surface area (Å²) in [6.45, 7) is 2.24. The lowest BCUT2D eigenvalue weighted by Crippen LogP contribution is -2.41. The fourth-order valence-electron chi connectivity index (χ4n) is 3.52. The standard InChI is InChI=1S/C18H24N4OS2/c1-12-5-2-3-6-14(12)19-16(23)11-25-18-21-20-17(15-7-4-10-24-15)22(18)13-8-9-13/h4,7,10,12-14H,2-3,5-6,8-9,11H2,1H3,(H,19,23)/t12-,14-/m0/s1. The van der Waals surface area contributed by atoms with Crippen molar-refractivity contribution >= 4 is 29.0 Å². The molecule has 7 heteroatoms. The van der Waals surface area contributed by atoms with Gasteiger partial charge in [0.1, 0.15) is 0 Å². The Bertz CT molecular complexity index is 724. The van der Waals surface area contributed by atoms with Crippen LogP contribution in [0.3, 0.4) is 0 Å². The summed E-state index contributed by atoms with van der Waals surface area (Å²) >= 11 is 3.20. The van der Waals surface area contributed by atoms with E-state index in [1.807, 2.05) is 6.07 Å². The van der Waals surface area contributed by atoms with Gasteiger partial charge in [-0.1, -0.05) is 37.6 Å². The van der Waals surface area contributed by atoms with Crippen molar-refractivity contribution in [3.05, 3.63) is 17.5 Å². The van der Waals surface area contributed by atoms with E-state index in [2.05, 4.69) is 38.5 Å². The van der Waals surface area contributed by atoms with Gasteiger partial charge in [-0.25, -0.2) is 0 Å². The number of nitrogens with one attached hydrogen (secondary N) is 1. The number of amides is 1. The van der Waals surface area contributed by atoms with E-state index >= 15 is 0 Å². The molecule has 0 bridgehead atoms. The van der Waals surface area contributed by atoms with Gasteiger partial charge in [-0.3, -0.25) is 9.36 Å². The largest absolute Gasteiger partial charge is 0.352 e. The molecule has 1 amide bonds. The first-order valence-electron chi connectivity index (χ1n) is 9.13. The Morgan fingerprint density at radius 3 is 2.88 bits per heavy atom. The predicted octanol–water partition coefficient (Wildman–Crippen LogP) is 4.13. The molecule has 2 saturated carbocycles. The first-order chi connectivity index (χ1) is 12.2. The summed E-state index contributed by atoms with van der Waals surface area (Å²) in [4.78, 5) is 13.5. The Hall–Kier alpha value is -1.34. The second kappa shape index (κ2) is 7.50. The monoisotopic (exact) mass is 376 g/mol. The smallest absolute Gasteiger partial charge is 0.230 e. The highest BCUT2D eigenvalue weighted by molar-refractivity contribution is 7.99. The number of thioether (sulfide) groups is 1. The van der Waals surface area contributed by atoms with E-state index in [9.17, 15) is 4.79 Å². The van der Waals surface area contributed by atoms with E-state index in [1.165, 1.54) is 43.9 Å². The number of thiophene rings is 1. The maximum Gasteiger partial charge on any atom is 0.230 e. The molecule has 134 valence electrons. The minimum Gasteiger partial charge on any atom is -0.352 e. The van der Waals surface area contributed by atoms with Crippen LogP contribution in [0.4, 0.5) is 0 Å². The SMILES string of the molecule is C[C@H]1CCCC[C@@H]1NC(=O)CSc1nnc(-c2cccs2)n1C1CC1. The Morgan fingerprint density at radius 2 is 2.16 bits per heavy atom. The molecule has 25 heavy (non-hydrogen) atoms. The topological polar surface area (TPSA) is 59.8 Å². The number of hydrogen-bond acceptors (Lipinski definition) is 5. The van der Waals surface area contributed by atoms with Gasteiger partial charge >= 0.3 is 0 Å². The summed E-state index contributed by atoms with van der Waals surface area (Å²) in [5.41, 5.74) is 0. The van der Waals surface area contributed by atoms with Crippen LogP contribution in [-0.2, 0) is 4.79 Å². The molecule has 0 unspecified atom stereocenters. The first kappa shape index (κ1) is 17.1.